The van der Waals surface area contributed by atoms with Crippen LogP contribution in [-0.4, -0.2) is 44.3 Å². The first kappa shape index (κ1) is 17.3. The Labute approximate surface area is 132 Å². The summed E-state index contributed by atoms with van der Waals surface area (Å²) in [6.07, 6.45) is 0.557. The lowest BCUT2D eigenvalue weighted by molar-refractivity contribution is -0.384. The number of esters is 1. The minimum absolute atomic E-state index is 0.0212. The van der Waals surface area contributed by atoms with Crippen LogP contribution in [-0.2, 0) is 30.4 Å². The van der Waals surface area contributed by atoms with Crippen molar-refractivity contribution in [3.63, 3.8) is 0 Å². The molecule has 2 atom stereocenters. The van der Waals surface area contributed by atoms with Gasteiger partial charge in [-0.15, -0.1) is 0 Å². The topological polar surface area (TPSA) is 125 Å². The number of hydrogen-bond donors (Lipinski definition) is 1. The molecule has 2 rings (SSSR count). The molecule has 1 aromatic rings. The van der Waals surface area contributed by atoms with Crippen molar-refractivity contribution in [1.29, 1.82) is 0 Å². The molecule has 0 bridgehead atoms. The Bertz CT molecular complexity index is 687. The van der Waals surface area contributed by atoms with E-state index in [4.69, 9.17) is 8.92 Å². The van der Waals surface area contributed by atoms with Gasteiger partial charge in [0.25, 0.3) is 15.8 Å². The van der Waals surface area contributed by atoms with Crippen LogP contribution in [0.1, 0.15) is 12.0 Å². The third-order valence-corrected chi connectivity index (χ3v) is 3.84. The lowest BCUT2D eigenvalue weighted by Gasteiger charge is -2.10. The zero-order chi connectivity index (χ0) is 17.0. The predicted molar refractivity (Wildman–Crippen MR) is 79.0 cm³/mol. The van der Waals surface area contributed by atoms with E-state index in [1.807, 2.05) is 0 Å². The molecule has 1 fully saturated rings. The van der Waals surface area contributed by atoms with Crippen molar-refractivity contribution in [3.8, 4) is 0 Å². The number of nitro benzene ring substituents is 1. The van der Waals surface area contributed by atoms with E-state index in [1.54, 1.807) is 0 Å². The minimum Gasteiger partial charge on any atom is -0.460 e. The van der Waals surface area contributed by atoms with E-state index in [0.717, 1.165) is 6.26 Å². The van der Waals surface area contributed by atoms with Crippen LogP contribution in [0.3, 0.4) is 0 Å². The number of non-ortho nitro benzene ring substituents is 1. The highest BCUT2D eigenvalue weighted by Gasteiger charge is 2.33. The smallest absolute Gasteiger partial charge is 0.323 e. The fourth-order valence-corrected chi connectivity index (χ4v) is 2.81. The molecule has 126 valence electrons. The summed E-state index contributed by atoms with van der Waals surface area (Å²) in [6, 6.07) is 5.02. The van der Waals surface area contributed by atoms with Gasteiger partial charge in [-0.25, -0.2) is 0 Å². The van der Waals surface area contributed by atoms with E-state index < -0.39 is 33.2 Å². The number of nitrogens with zero attached hydrogens (tertiary/aromatic N) is 1. The highest BCUT2D eigenvalue weighted by atomic mass is 32.2. The van der Waals surface area contributed by atoms with Gasteiger partial charge < -0.3 is 10.1 Å². The van der Waals surface area contributed by atoms with Crippen LogP contribution < -0.4 is 5.32 Å². The predicted octanol–water partition coefficient (Wildman–Crippen LogP) is 0.345. The van der Waals surface area contributed by atoms with Gasteiger partial charge in [-0.1, -0.05) is 0 Å². The van der Waals surface area contributed by atoms with E-state index in [1.165, 1.54) is 24.3 Å². The van der Waals surface area contributed by atoms with Gasteiger partial charge in [-0.05, 0) is 17.7 Å². The van der Waals surface area contributed by atoms with Crippen molar-refractivity contribution in [2.75, 3.05) is 12.8 Å². The van der Waals surface area contributed by atoms with Gasteiger partial charge in [0.05, 0.1) is 17.3 Å². The number of ether oxygens (including phenoxy) is 1. The Morgan fingerprint density at radius 3 is 2.61 bits per heavy atom. The van der Waals surface area contributed by atoms with Gasteiger partial charge in [0, 0.05) is 25.1 Å². The summed E-state index contributed by atoms with van der Waals surface area (Å²) in [5.41, 5.74) is 0.573. The van der Waals surface area contributed by atoms with Crippen LogP contribution in [0.25, 0.3) is 0 Å². The van der Waals surface area contributed by atoms with Crippen molar-refractivity contribution < 1.29 is 27.1 Å². The Morgan fingerprint density at radius 2 is 2.04 bits per heavy atom. The van der Waals surface area contributed by atoms with Crippen LogP contribution in [0.5, 0.6) is 0 Å². The molecule has 1 heterocycles. The number of rotatable bonds is 6. The monoisotopic (exact) mass is 344 g/mol. The number of carbonyl (C=O) groups excluding carboxylic acids is 1. The molecule has 0 aromatic heterocycles. The highest BCUT2D eigenvalue weighted by molar-refractivity contribution is 7.86. The summed E-state index contributed by atoms with van der Waals surface area (Å²) in [7, 11) is -3.57. The SMILES string of the molecule is CS(=O)(=O)O[C@@H]1CNC(C(=O)OCc2ccc([N+](=O)[O-])cc2)C1. The third kappa shape index (κ3) is 5.27. The molecule has 0 saturated carbocycles. The van der Waals surface area contributed by atoms with Crippen molar-refractivity contribution in [2.45, 2.75) is 25.2 Å². The normalized spacial score (nSPS) is 21.1. The molecule has 0 spiro atoms. The minimum atomic E-state index is -3.57. The molecular weight excluding hydrogens is 328 g/mol. The molecule has 1 saturated heterocycles. The second kappa shape index (κ2) is 7.02. The van der Waals surface area contributed by atoms with Crippen molar-refractivity contribution >= 4 is 21.8 Å². The molecule has 0 aliphatic carbocycles. The Balaban J connectivity index is 1.82. The van der Waals surface area contributed by atoms with Crippen LogP contribution in [0.2, 0.25) is 0 Å². The van der Waals surface area contributed by atoms with Crippen molar-refractivity contribution in [1.82, 2.24) is 5.32 Å². The summed E-state index contributed by atoms with van der Waals surface area (Å²) in [4.78, 5) is 21.9. The van der Waals surface area contributed by atoms with E-state index in [-0.39, 0.29) is 25.3 Å². The summed E-state index contributed by atoms with van der Waals surface area (Å²) in [5.74, 6) is -0.525. The first-order valence-electron chi connectivity index (χ1n) is 6.76. The Kier molecular flexibility index (Phi) is 5.29. The zero-order valence-corrected chi connectivity index (χ0v) is 13.1. The molecule has 0 amide bonds. The summed E-state index contributed by atoms with van der Waals surface area (Å²) >= 11 is 0. The fraction of sp³-hybridized carbons (Fsp3) is 0.462. The van der Waals surface area contributed by atoms with Crippen LogP contribution in [0, 0.1) is 10.1 Å². The van der Waals surface area contributed by atoms with Gasteiger partial charge >= 0.3 is 5.97 Å². The second-order valence-electron chi connectivity index (χ2n) is 5.15. The first-order chi connectivity index (χ1) is 10.7. The average Bonchev–Trinajstić information content (AvgIpc) is 2.91. The molecule has 1 aliphatic heterocycles. The number of nitro groups is 1. The molecule has 1 N–H and O–H groups in total. The molecule has 0 radical (unpaired) electrons. The van der Waals surface area contributed by atoms with Gasteiger partial charge in [0.15, 0.2) is 0 Å². The van der Waals surface area contributed by atoms with Gasteiger partial charge in [0.2, 0.25) is 0 Å². The molecule has 1 unspecified atom stereocenters. The summed E-state index contributed by atoms with van der Waals surface area (Å²) < 4.78 is 32.0. The summed E-state index contributed by atoms with van der Waals surface area (Å²) in [6.45, 7) is 0.219. The zero-order valence-electron chi connectivity index (χ0n) is 12.3. The number of hydrogen-bond acceptors (Lipinski definition) is 8. The third-order valence-electron chi connectivity index (χ3n) is 3.21. The number of benzene rings is 1. The fourth-order valence-electron chi connectivity index (χ4n) is 2.17. The van der Waals surface area contributed by atoms with E-state index in [9.17, 15) is 23.3 Å². The maximum atomic E-state index is 11.9. The maximum Gasteiger partial charge on any atom is 0.323 e. The van der Waals surface area contributed by atoms with Crippen LogP contribution in [0.15, 0.2) is 24.3 Å². The van der Waals surface area contributed by atoms with Crippen molar-refractivity contribution in [3.05, 3.63) is 39.9 Å². The largest absolute Gasteiger partial charge is 0.460 e. The molecular formula is C13H16N2O7S. The summed E-state index contributed by atoms with van der Waals surface area (Å²) in [5, 5.41) is 13.4. The average molecular weight is 344 g/mol. The molecule has 1 aromatic carbocycles. The van der Waals surface area contributed by atoms with Crippen LogP contribution in [0.4, 0.5) is 5.69 Å². The Hall–Kier alpha value is -2.04. The van der Waals surface area contributed by atoms with Gasteiger partial charge in [0.1, 0.15) is 12.6 Å². The number of carbonyl (C=O) groups is 1. The lowest BCUT2D eigenvalue weighted by atomic mass is 10.2. The van der Waals surface area contributed by atoms with Gasteiger partial charge in [-0.2, -0.15) is 8.42 Å². The van der Waals surface area contributed by atoms with E-state index >= 15 is 0 Å². The number of nitrogens with one attached hydrogen (secondary N) is 1. The second-order valence-corrected chi connectivity index (χ2v) is 6.75. The quantitative estimate of drug-likeness (QED) is 0.339. The van der Waals surface area contributed by atoms with E-state index in [2.05, 4.69) is 5.32 Å². The molecule has 10 heteroatoms. The highest BCUT2D eigenvalue weighted by Crippen LogP contribution is 2.16. The van der Waals surface area contributed by atoms with Gasteiger partial charge in [-0.3, -0.25) is 19.1 Å². The maximum absolute atomic E-state index is 11.9. The molecule has 23 heavy (non-hydrogen) atoms. The Morgan fingerprint density at radius 1 is 1.39 bits per heavy atom. The lowest BCUT2D eigenvalue weighted by Crippen LogP contribution is -2.32. The standard InChI is InChI=1S/C13H16N2O7S/c1-23(19,20)22-11-6-12(14-7-11)13(16)21-8-9-2-4-10(5-3-9)15(17)18/h2-5,11-12,14H,6-8H2,1H3/t11-,12?/m0/s1. The van der Waals surface area contributed by atoms with Crippen LogP contribution >= 0.6 is 0 Å². The van der Waals surface area contributed by atoms with E-state index in [0.29, 0.717) is 5.56 Å². The first-order valence-corrected chi connectivity index (χ1v) is 8.58. The molecule has 1 aliphatic rings. The molecule has 9 nitrogen and oxygen atoms in total. The van der Waals surface area contributed by atoms with Crippen molar-refractivity contribution in [2.24, 2.45) is 0 Å².